The van der Waals surface area contributed by atoms with Crippen molar-refractivity contribution in [2.75, 3.05) is 17.4 Å². The van der Waals surface area contributed by atoms with E-state index in [1.54, 1.807) is 62.4 Å². The SMILES string of the molecule is CCCNC(=O)C(CC)N(Cc1ccc(Cl)cc1Cl)C(=O)CN(c1ccc(Cl)cc1C)S(=O)(=O)c1ccc(C)cc1. The largest absolute Gasteiger partial charge is 0.354 e. The molecule has 7 nitrogen and oxygen atoms in total. The lowest BCUT2D eigenvalue weighted by atomic mass is 10.1. The number of sulfonamides is 1. The van der Waals surface area contributed by atoms with Gasteiger partial charge in [-0.25, -0.2) is 8.42 Å². The van der Waals surface area contributed by atoms with E-state index >= 15 is 0 Å². The van der Waals surface area contributed by atoms with E-state index in [-0.39, 0.29) is 17.3 Å². The molecule has 3 aromatic carbocycles. The number of hydrogen-bond acceptors (Lipinski definition) is 4. The van der Waals surface area contributed by atoms with E-state index in [0.717, 1.165) is 16.3 Å². The molecule has 0 aromatic heterocycles. The van der Waals surface area contributed by atoms with Gasteiger partial charge in [-0.3, -0.25) is 13.9 Å². The third kappa shape index (κ3) is 8.16. The molecule has 1 unspecified atom stereocenters. The first-order chi connectivity index (χ1) is 19.4. The molecule has 1 atom stereocenters. The third-order valence-corrected chi connectivity index (χ3v) is 9.20. The number of amides is 2. The van der Waals surface area contributed by atoms with Crippen LogP contribution >= 0.6 is 34.8 Å². The molecule has 11 heteroatoms. The van der Waals surface area contributed by atoms with E-state index in [1.807, 2.05) is 13.8 Å². The van der Waals surface area contributed by atoms with E-state index in [0.29, 0.717) is 44.8 Å². The van der Waals surface area contributed by atoms with E-state index < -0.39 is 28.5 Å². The van der Waals surface area contributed by atoms with Crippen LogP contribution in [0.5, 0.6) is 0 Å². The van der Waals surface area contributed by atoms with Crippen molar-refractivity contribution >= 4 is 62.3 Å². The molecule has 0 heterocycles. The first-order valence-electron chi connectivity index (χ1n) is 13.3. The summed E-state index contributed by atoms with van der Waals surface area (Å²) in [6, 6.07) is 15.2. The molecule has 0 aliphatic rings. The van der Waals surface area contributed by atoms with Gasteiger partial charge in [-0.15, -0.1) is 0 Å². The average Bonchev–Trinajstić information content (AvgIpc) is 2.92. The second kappa shape index (κ2) is 14.4. The van der Waals surface area contributed by atoms with Gasteiger partial charge in [-0.05, 0) is 80.3 Å². The quantitative estimate of drug-likeness (QED) is 0.237. The molecule has 0 spiro atoms. The van der Waals surface area contributed by atoms with E-state index in [4.69, 9.17) is 34.8 Å². The first kappa shape index (κ1) is 32.7. The maximum Gasteiger partial charge on any atom is 0.264 e. The number of nitrogens with zero attached hydrogens (tertiary/aromatic N) is 2. The Morgan fingerprint density at radius 2 is 1.54 bits per heavy atom. The number of rotatable bonds is 12. The molecule has 2 amide bonds. The zero-order chi connectivity index (χ0) is 30.3. The van der Waals surface area contributed by atoms with Crippen molar-refractivity contribution in [1.82, 2.24) is 10.2 Å². The van der Waals surface area contributed by atoms with Crippen LogP contribution in [0.25, 0.3) is 0 Å². The van der Waals surface area contributed by atoms with Gasteiger partial charge in [0.1, 0.15) is 12.6 Å². The molecule has 0 fully saturated rings. The summed E-state index contributed by atoms with van der Waals surface area (Å²) in [7, 11) is -4.19. The first-order valence-corrected chi connectivity index (χ1v) is 15.8. The minimum atomic E-state index is -4.19. The van der Waals surface area contributed by atoms with Crippen LogP contribution in [0.3, 0.4) is 0 Å². The van der Waals surface area contributed by atoms with Crippen LogP contribution < -0.4 is 9.62 Å². The lowest BCUT2D eigenvalue weighted by Gasteiger charge is -2.33. The molecule has 0 radical (unpaired) electrons. The van der Waals surface area contributed by atoms with Crippen molar-refractivity contribution in [3.05, 3.63) is 92.4 Å². The van der Waals surface area contributed by atoms with Crippen LogP contribution in [0.2, 0.25) is 15.1 Å². The minimum Gasteiger partial charge on any atom is -0.354 e. The predicted octanol–water partition coefficient (Wildman–Crippen LogP) is 6.79. The van der Waals surface area contributed by atoms with E-state index in [2.05, 4.69) is 5.32 Å². The molecule has 0 saturated heterocycles. The Bertz CT molecular complexity index is 1500. The molecule has 41 heavy (non-hydrogen) atoms. The Hall–Kier alpha value is -2.78. The highest BCUT2D eigenvalue weighted by molar-refractivity contribution is 7.92. The van der Waals surface area contributed by atoms with Gasteiger partial charge >= 0.3 is 0 Å². The van der Waals surface area contributed by atoms with Crippen LogP contribution in [-0.4, -0.2) is 44.3 Å². The van der Waals surface area contributed by atoms with Gasteiger partial charge in [0.2, 0.25) is 11.8 Å². The fourth-order valence-corrected chi connectivity index (χ4v) is 6.54. The Kier molecular flexibility index (Phi) is 11.5. The fourth-order valence-electron chi connectivity index (χ4n) is 4.37. The topological polar surface area (TPSA) is 86.8 Å². The Morgan fingerprint density at radius 1 is 0.902 bits per heavy atom. The van der Waals surface area contributed by atoms with Crippen LogP contribution in [0.15, 0.2) is 65.6 Å². The van der Waals surface area contributed by atoms with Crippen molar-refractivity contribution in [3.63, 3.8) is 0 Å². The van der Waals surface area contributed by atoms with Gasteiger partial charge in [0.25, 0.3) is 10.0 Å². The van der Waals surface area contributed by atoms with Crippen molar-refractivity contribution < 1.29 is 18.0 Å². The van der Waals surface area contributed by atoms with Gasteiger partial charge in [0, 0.05) is 28.2 Å². The third-order valence-electron chi connectivity index (χ3n) is 6.61. The van der Waals surface area contributed by atoms with E-state index in [9.17, 15) is 18.0 Å². The van der Waals surface area contributed by atoms with Crippen molar-refractivity contribution in [1.29, 1.82) is 0 Å². The van der Waals surface area contributed by atoms with Crippen LogP contribution in [0.1, 0.15) is 43.4 Å². The standard InChI is InChI=1S/C30H34Cl3N3O4S/c1-5-15-34-30(38)27(6-2)35(18-22-9-10-24(32)17-26(22)33)29(37)19-36(28-14-11-23(31)16-21(28)4)41(39,40)25-12-7-20(3)8-13-25/h7-14,16-17,27H,5-6,15,18-19H2,1-4H3,(H,34,38). The summed E-state index contributed by atoms with van der Waals surface area (Å²) < 4.78 is 29.1. The maximum atomic E-state index is 14.1. The number of hydrogen-bond donors (Lipinski definition) is 1. The molecule has 3 rings (SSSR count). The summed E-state index contributed by atoms with van der Waals surface area (Å²) in [6.45, 7) is 7.17. The molecule has 0 aliphatic heterocycles. The number of benzene rings is 3. The zero-order valence-electron chi connectivity index (χ0n) is 23.5. The second-order valence-corrected chi connectivity index (χ2v) is 12.9. The van der Waals surface area contributed by atoms with Gasteiger partial charge in [-0.1, -0.05) is 72.4 Å². The number of aryl methyl sites for hydroxylation is 2. The molecule has 220 valence electrons. The zero-order valence-corrected chi connectivity index (χ0v) is 26.5. The highest BCUT2D eigenvalue weighted by Crippen LogP contribution is 2.30. The Balaban J connectivity index is 2.11. The summed E-state index contributed by atoms with van der Waals surface area (Å²) in [6.07, 6.45) is 1.02. The van der Waals surface area contributed by atoms with Crippen LogP contribution in [0.4, 0.5) is 5.69 Å². The smallest absolute Gasteiger partial charge is 0.264 e. The van der Waals surface area contributed by atoms with Crippen LogP contribution in [-0.2, 0) is 26.2 Å². The van der Waals surface area contributed by atoms with Crippen LogP contribution in [0, 0.1) is 13.8 Å². The normalized spacial score (nSPS) is 12.1. The van der Waals surface area contributed by atoms with Gasteiger partial charge in [0.15, 0.2) is 0 Å². The molecular formula is C30H34Cl3N3O4S. The van der Waals surface area contributed by atoms with Crippen molar-refractivity contribution in [3.8, 4) is 0 Å². The summed E-state index contributed by atoms with van der Waals surface area (Å²) in [5, 5.41) is 4.05. The number of halogens is 3. The maximum absolute atomic E-state index is 14.1. The summed E-state index contributed by atoms with van der Waals surface area (Å²) in [5.41, 5.74) is 2.34. The summed E-state index contributed by atoms with van der Waals surface area (Å²) >= 11 is 18.7. The highest BCUT2D eigenvalue weighted by atomic mass is 35.5. The Labute approximate surface area is 257 Å². The molecule has 0 saturated carbocycles. The molecule has 0 bridgehead atoms. The predicted molar refractivity (Wildman–Crippen MR) is 166 cm³/mol. The fraction of sp³-hybridized carbons (Fsp3) is 0.333. The van der Waals surface area contributed by atoms with Gasteiger partial charge in [0.05, 0.1) is 10.6 Å². The highest BCUT2D eigenvalue weighted by Gasteiger charge is 2.34. The molecule has 0 aliphatic carbocycles. The van der Waals surface area contributed by atoms with Crippen molar-refractivity contribution in [2.45, 2.75) is 58.0 Å². The number of nitrogens with one attached hydrogen (secondary N) is 1. The lowest BCUT2D eigenvalue weighted by Crippen LogP contribution is -2.52. The minimum absolute atomic E-state index is 0.0229. The van der Waals surface area contributed by atoms with Crippen molar-refractivity contribution in [2.24, 2.45) is 0 Å². The summed E-state index contributed by atoms with van der Waals surface area (Å²) in [5.74, 6) is -0.900. The lowest BCUT2D eigenvalue weighted by molar-refractivity contribution is -0.140. The average molecular weight is 639 g/mol. The van der Waals surface area contributed by atoms with E-state index in [1.165, 1.54) is 17.0 Å². The monoisotopic (exact) mass is 637 g/mol. The van der Waals surface area contributed by atoms with Gasteiger partial charge in [-0.2, -0.15) is 0 Å². The number of carbonyl (C=O) groups is 2. The molecule has 3 aromatic rings. The second-order valence-electron chi connectivity index (χ2n) is 9.73. The summed E-state index contributed by atoms with van der Waals surface area (Å²) in [4.78, 5) is 28.8. The Morgan fingerprint density at radius 3 is 2.12 bits per heavy atom. The van der Waals surface area contributed by atoms with Gasteiger partial charge < -0.3 is 10.2 Å². The molecular weight excluding hydrogens is 605 g/mol. The molecule has 1 N–H and O–H groups in total. The number of anilines is 1. The number of carbonyl (C=O) groups excluding carboxylic acids is 2.